The van der Waals surface area contributed by atoms with Gasteiger partial charge in [-0.2, -0.15) is 4.98 Å². The van der Waals surface area contributed by atoms with Gasteiger partial charge in [-0.05, 0) is 37.3 Å². The Balaban J connectivity index is 1.76. The van der Waals surface area contributed by atoms with Gasteiger partial charge in [0.1, 0.15) is 0 Å². The predicted octanol–water partition coefficient (Wildman–Crippen LogP) is 4.55. The minimum atomic E-state index is -4.05. The number of benzene rings is 1. The van der Waals surface area contributed by atoms with Gasteiger partial charge in [-0.25, -0.2) is 23.4 Å². The maximum absolute atomic E-state index is 13.0. The van der Waals surface area contributed by atoms with E-state index < -0.39 is 10.0 Å². The smallest absolute Gasteiger partial charge is 0.267 e. The SMILES string of the molecule is CNc1ncc2cc(-c3cc(NS(=O)(=O)c4cc(Cl)cnc4OC)ccc3Cl)c(C)nc2n1. The number of nitrogens with zero attached hydrogens (tertiary/aromatic N) is 4. The van der Waals surface area contributed by atoms with Crippen molar-refractivity contribution in [2.75, 3.05) is 24.2 Å². The quantitative estimate of drug-likeness (QED) is 0.392. The van der Waals surface area contributed by atoms with Crippen molar-refractivity contribution >= 4 is 55.9 Å². The third-order valence-electron chi connectivity index (χ3n) is 4.76. The van der Waals surface area contributed by atoms with Crippen molar-refractivity contribution < 1.29 is 13.2 Å². The number of ether oxygens (including phenoxy) is 1. The molecule has 0 saturated heterocycles. The molecule has 4 aromatic rings. The first-order valence-corrected chi connectivity index (χ1v) is 11.8. The van der Waals surface area contributed by atoms with Crippen LogP contribution >= 0.6 is 23.2 Å². The van der Waals surface area contributed by atoms with Crippen LogP contribution in [0.1, 0.15) is 5.69 Å². The molecule has 0 aliphatic carbocycles. The number of nitrogens with one attached hydrogen (secondary N) is 2. The number of hydrogen-bond donors (Lipinski definition) is 2. The third-order valence-corrected chi connectivity index (χ3v) is 6.67. The molecule has 0 saturated carbocycles. The van der Waals surface area contributed by atoms with Gasteiger partial charge in [0.25, 0.3) is 10.0 Å². The number of pyridine rings is 2. The summed E-state index contributed by atoms with van der Waals surface area (Å²) in [6.07, 6.45) is 2.96. The van der Waals surface area contributed by atoms with Crippen molar-refractivity contribution in [3.05, 3.63) is 58.5 Å². The van der Waals surface area contributed by atoms with Crippen LogP contribution in [-0.4, -0.2) is 42.5 Å². The summed E-state index contributed by atoms with van der Waals surface area (Å²) in [5.41, 5.74) is 2.81. The average Bonchev–Trinajstić information content (AvgIpc) is 2.79. The third kappa shape index (κ3) is 4.63. The molecule has 2 N–H and O–H groups in total. The van der Waals surface area contributed by atoms with E-state index in [4.69, 9.17) is 27.9 Å². The number of methoxy groups -OCH3 is 1. The molecule has 9 nitrogen and oxygen atoms in total. The Labute approximate surface area is 200 Å². The summed E-state index contributed by atoms with van der Waals surface area (Å²) in [5.74, 6) is 0.388. The second-order valence-electron chi connectivity index (χ2n) is 6.94. The van der Waals surface area contributed by atoms with Gasteiger partial charge in [0.2, 0.25) is 11.8 Å². The standard InChI is InChI=1S/C21H18Cl2N6O3S/c1-11-15(6-12-9-26-21(24-2)28-19(12)27-11)16-8-14(4-5-17(16)23)29-33(30,31)18-7-13(22)10-25-20(18)32-3/h4-10,29H,1-3H3,(H,24,26,27,28). The lowest BCUT2D eigenvalue weighted by Crippen LogP contribution is -2.14. The molecule has 0 unspecified atom stereocenters. The average molecular weight is 505 g/mol. The molecule has 0 radical (unpaired) electrons. The number of rotatable bonds is 6. The Bertz CT molecular complexity index is 1480. The minimum Gasteiger partial charge on any atom is -0.480 e. The second-order valence-corrected chi connectivity index (χ2v) is 9.43. The van der Waals surface area contributed by atoms with E-state index in [0.717, 1.165) is 5.56 Å². The maximum atomic E-state index is 13.0. The predicted molar refractivity (Wildman–Crippen MR) is 129 cm³/mol. The Kier molecular flexibility index (Phi) is 6.24. The van der Waals surface area contributed by atoms with Crippen LogP contribution in [0.25, 0.3) is 22.2 Å². The van der Waals surface area contributed by atoms with Crippen LogP contribution in [-0.2, 0) is 10.0 Å². The van der Waals surface area contributed by atoms with Crippen LogP contribution in [0.15, 0.2) is 47.6 Å². The molecule has 0 fully saturated rings. The fourth-order valence-electron chi connectivity index (χ4n) is 3.20. The molecule has 3 aromatic heterocycles. The molecule has 0 aliphatic heterocycles. The van der Waals surface area contributed by atoms with E-state index >= 15 is 0 Å². The number of anilines is 2. The number of sulfonamides is 1. The highest BCUT2D eigenvalue weighted by molar-refractivity contribution is 7.92. The van der Waals surface area contributed by atoms with Gasteiger partial charge in [-0.1, -0.05) is 23.2 Å². The van der Waals surface area contributed by atoms with E-state index in [1.54, 1.807) is 31.4 Å². The molecule has 170 valence electrons. The Morgan fingerprint density at radius 2 is 1.79 bits per heavy atom. The second kappa shape index (κ2) is 8.97. The van der Waals surface area contributed by atoms with Gasteiger partial charge in [0.05, 0.1) is 12.1 Å². The van der Waals surface area contributed by atoms with Crippen molar-refractivity contribution in [1.29, 1.82) is 0 Å². The summed E-state index contributed by atoms with van der Waals surface area (Å²) in [4.78, 5) is 16.9. The lowest BCUT2D eigenvalue weighted by atomic mass is 10.0. The summed E-state index contributed by atoms with van der Waals surface area (Å²) in [7, 11) is -0.997. The van der Waals surface area contributed by atoms with Gasteiger partial charge < -0.3 is 10.1 Å². The monoisotopic (exact) mass is 504 g/mol. The largest absolute Gasteiger partial charge is 0.480 e. The van der Waals surface area contributed by atoms with Crippen molar-refractivity contribution in [1.82, 2.24) is 19.9 Å². The van der Waals surface area contributed by atoms with E-state index in [9.17, 15) is 8.42 Å². The highest BCUT2D eigenvalue weighted by Crippen LogP contribution is 2.35. The van der Waals surface area contributed by atoms with Crippen LogP contribution in [0.2, 0.25) is 10.0 Å². The number of hydrogen-bond acceptors (Lipinski definition) is 8. The number of fused-ring (bicyclic) bond motifs is 1. The van der Waals surface area contributed by atoms with E-state index in [2.05, 4.69) is 30.0 Å². The molecular weight excluding hydrogens is 487 g/mol. The zero-order valence-corrected chi connectivity index (χ0v) is 20.0. The summed E-state index contributed by atoms with van der Waals surface area (Å²) in [5, 5.41) is 4.18. The molecule has 0 atom stereocenters. The van der Waals surface area contributed by atoms with Crippen LogP contribution < -0.4 is 14.8 Å². The van der Waals surface area contributed by atoms with Gasteiger partial charge in [0.15, 0.2) is 10.5 Å². The molecule has 1 aromatic carbocycles. The van der Waals surface area contributed by atoms with Crippen LogP contribution in [0, 0.1) is 6.92 Å². The Morgan fingerprint density at radius 3 is 2.52 bits per heavy atom. The Hall–Kier alpha value is -3.21. The van der Waals surface area contributed by atoms with Crippen molar-refractivity contribution in [3.63, 3.8) is 0 Å². The van der Waals surface area contributed by atoms with Gasteiger partial charge in [-0.15, -0.1) is 0 Å². The molecule has 3 heterocycles. The maximum Gasteiger partial charge on any atom is 0.267 e. The van der Waals surface area contributed by atoms with Crippen LogP contribution in [0.4, 0.5) is 11.6 Å². The summed E-state index contributed by atoms with van der Waals surface area (Å²) < 4.78 is 33.6. The van der Waals surface area contributed by atoms with Crippen LogP contribution in [0.5, 0.6) is 5.88 Å². The first-order chi connectivity index (χ1) is 15.7. The summed E-state index contributed by atoms with van der Waals surface area (Å²) in [6, 6.07) is 7.92. The molecule has 0 amide bonds. The molecule has 0 aliphatic rings. The highest BCUT2D eigenvalue weighted by atomic mass is 35.5. The molecule has 0 spiro atoms. The molecular formula is C21H18Cl2N6O3S. The van der Waals surface area contributed by atoms with E-state index in [1.165, 1.54) is 19.4 Å². The first-order valence-electron chi connectivity index (χ1n) is 9.56. The molecule has 33 heavy (non-hydrogen) atoms. The first kappa shape index (κ1) is 23.0. The number of halogens is 2. The number of aryl methyl sites for hydroxylation is 1. The number of aromatic nitrogens is 4. The van der Waals surface area contributed by atoms with E-state index in [1.807, 2.05) is 13.0 Å². The van der Waals surface area contributed by atoms with E-state index in [0.29, 0.717) is 33.3 Å². The van der Waals surface area contributed by atoms with Crippen molar-refractivity contribution in [2.24, 2.45) is 0 Å². The zero-order chi connectivity index (χ0) is 23.8. The van der Waals surface area contributed by atoms with Gasteiger partial charge >= 0.3 is 0 Å². The van der Waals surface area contributed by atoms with Crippen molar-refractivity contribution in [3.8, 4) is 17.0 Å². The zero-order valence-electron chi connectivity index (χ0n) is 17.7. The fourth-order valence-corrected chi connectivity index (χ4v) is 4.84. The van der Waals surface area contributed by atoms with Gasteiger partial charge in [0, 0.05) is 52.4 Å². The summed E-state index contributed by atoms with van der Waals surface area (Å²) >= 11 is 12.4. The molecule has 4 rings (SSSR count). The van der Waals surface area contributed by atoms with Crippen LogP contribution in [0.3, 0.4) is 0 Å². The lowest BCUT2D eigenvalue weighted by Gasteiger charge is -2.14. The topological polar surface area (TPSA) is 119 Å². The van der Waals surface area contributed by atoms with E-state index in [-0.39, 0.29) is 21.5 Å². The fraction of sp³-hybridized carbons (Fsp3) is 0.143. The Morgan fingerprint density at radius 1 is 1.00 bits per heavy atom. The lowest BCUT2D eigenvalue weighted by molar-refractivity contribution is 0.385. The molecule has 12 heteroatoms. The minimum absolute atomic E-state index is 0.0726. The summed E-state index contributed by atoms with van der Waals surface area (Å²) in [6.45, 7) is 1.83. The van der Waals surface area contributed by atoms with Gasteiger partial charge in [-0.3, -0.25) is 4.72 Å². The van der Waals surface area contributed by atoms with Crippen molar-refractivity contribution in [2.45, 2.75) is 11.8 Å². The molecule has 0 bridgehead atoms. The highest BCUT2D eigenvalue weighted by Gasteiger charge is 2.22. The normalized spacial score (nSPS) is 11.4.